The number of rotatable bonds is 5. The average molecular weight is 457 g/mol. The van der Waals surface area contributed by atoms with Crippen LogP contribution in [-0.4, -0.2) is 27.5 Å². The lowest BCUT2D eigenvalue weighted by molar-refractivity contribution is -0.127. The number of hydrogen-bond donors (Lipinski definition) is 1. The van der Waals surface area contributed by atoms with E-state index in [1.807, 2.05) is 19.9 Å². The topological polar surface area (TPSA) is 75.7 Å². The second kappa shape index (κ2) is 8.43. The molecule has 1 N–H and O–H groups in total. The standard InChI is InChI=1S/C25H32N2O4S/c1-17(2)15-27-22-12-10-20(14-23(22)31-16-25(3,4)24(27)28)26-32(29,30)21-11-9-18-7-5-6-8-19(18)13-21/h9-14,17,26H,5-8,15-16H2,1-4H3. The van der Waals surface area contributed by atoms with Gasteiger partial charge in [-0.3, -0.25) is 9.52 Å². The van der Waals surface area contributed by atoms with Gasteiger partial charge in [0.25, 0.3) is 10.0 Å². The van der Waals surface area contributed by atoms with E-state index in [1.54, 1.807) is 35.2 Å². The Hall–Kier alpha value is -2.54. The number of hydrogen-bond acceptors (Lipinski definition) is 4. The summed E-state index contributed by atoms with van der Waals surface area (Å²) >= 11 is 0. The van der Waals surface area contributed by atoms with Crippen LogP contribution >= 0.6 is 0 Å². The van der Waals surface area contributed by atoms with Crippen LogP contribution < -0.4 is 14.4 Å². The minimum absolute atomic E-state index is 0.00680. The second-order valence-corrected chi connectivity index (χ2v) is 11.6. The smallest absolute Gasteiger partial charge is 0.261 e. The van der Waals surface area contributed by atoms with Crippen LogP contribution in [0, 0.1) is 11.3 Å². The van der Waals surface area contributed by atoms with Crippen molar-refractivity contribution in [2.75, 3.05) is 22.8 Å². The molecule has 7 heteroatoms. The highest BCUT2D eigenvalue weighted by molar-refractivity contribution is 7.92. The molecule has 32 heavy (non-hydrogen) atoms. The SMILES string of the molecule is CC(C)CN1C(=O)C(C)(C)COc2cc(NS(=O)(=O)c3ccc4c(c3)CCCC4)ccc21. The van der Waals surface area contributed by atoms with Crippen molar-refractivity contribution in [2.45, 2.75) is 58.3 Å². The number of aryl methyl sites for hydroxylation is 2. The molecule has 0 aromatic heterocycles. The Bertz CT molecular complexity index is 1140. The highest BCUT2D eigenvalue weighted by Crippen LogP contribution is 2.39. The van der Waals surface area contributed by atoms with Crippen LogP contribution in [0.1, 0.15) is 51.7 Å². The summed E-state index contributed by atoms with van der Waals surface area (Å²) in [7, 11) is -3.73. The Labute approximate surface area is 191 Å². The summed E-state index contributed by atoms with van der Waals surface area (Å²) in [6, 6.07) is 10.5. The first-order valence-corrected chi connectivity index (χ1v) is 12.8. The highest BCUT2D eigenvalue weighted by atomic mass is 32.2. The van der Waals surface area contributed by atoms with Gasteiger partial charge in [-0.15, -0.1) is 0 Å². The van der Waals surface area contributed by atoms with Crippen LogP contribution in [-0.2, 0) is 27.7 Å². The van der Waals surface area contributed by atoms with E-state index in [-0.39, 0.29) is 23.3 Å². The van der Waals surface area contributed by atoms with Gasteiger partial charge in [0.2, 0.25) is 5.91 Å². The number of sulfonamides is 1. The van der Waals surface area contributed by atoms with E-state index in [9.17, 15) is 13.2 Å². The predicted octanol–water partition coefficient (Wildman–Crippen LogP) is 4.77. The van der Waals surface area contributed by atoms with Gasteiger partial charge in [0.1, 0.15) is 12.4 Å². The number of fused-ring (bicyclic) bond motifs is 2. The zero-order chi connectivity index (χ0) is 23.1. The summed E-state index contributed by atoms with van der Waals surface area (Å²) < 4.78 is 34.8. The third-order valence-corrected chi connectivity index (χ3v) is 7.47. The van der Waals surface area contributed by atoms with Crippen molar-refractivity contribution in [1.29, 1.82) is 0 Å². The van der Waals surface area contributed by atoms with Crippen LogP contribution in [0.4, 0.5) is 11.4 Å². The molecule has 2 aromatic carbocycles. The lowest BCUT2D eigenvalue weighted by Gasteiger charge is -2.29. The van der Waals surface area contributed by atoms with Crippen molar-refractivity contribution in [2.24, 2.45) is 11.3 Å². The number of nitrogens with one attached hydrogen (secondary N) is 1. The maximum absolute atomic E-state index is 13.1. The fourth-order valence-electron chi connectivity index (χ4n) is 4.35. The number of anilines is 2. The first-order valence-electron chi connectivity index (χ1n) is 11.3. The minimum Gasteiger partial charge on any atom is -0.490 e. The molecule has 2 aliphatic rings. The van der Waals surface area contributed by atoms with Crippen molar-refractivity contribution in [3.05, 3.63) is 47.5 Å². The molecule has 0 bridgehead atoms. The van der Waals surface area contributed by atoms with Crippen LogP contribution in [0.2, 0.25) is 0 Å². The average Bonchev–Trinajstić information content (AvgIpc) is 2.83. The maximum Gasteiger partial charge on any atom is 0.261 e. The van der Waals surface area contributed by atoms with E-state index in [1.165, 1.54) is 5.56 Å². The Morgan fingerprint density at radius 2 is 1.78 bits per heavy atom. The molecule has 172 valence electrons. The molecule has 0 radical (unpaired) electrons. The quantitative estimate of drug-likeness (QED) is 0.703. The van der Waals surface area contributed by atoms with E-state index in [0.29, 0.717) is 23.7 Å². The van der Waals surface area contributed by atoms with E-state index >= 15 is 0 Å². The van der Waals surface area contributed by atoms with Gasteiger partial charge in [-0.1, -0.05) is 19.9 Å². The number of ether oxygens (including phenoxy) is 1. The van der Waals surface area contributed by atoms with Gasteiger partial charge in [0.15, 0.2) is 0 Å². The molecule has 0 atom stereocenters. The van der Waals surface area contributed by atoms with Gasteiger partial charge in [0.05, 0.1) is 21.7 Å². The Balaban J connectivity index is 1.64. The summed E-state index contributed by atoms with van der Waals surface area (Å²) in [5.41, 5.74) is 2.78. The van der Waals surface area contributed by atoms with Crippen molar-refractivity contribution < 1.29 is 17.9 Å². The van der Waals surface area contributed by atoms with Gasteiger partial charge < -0.3 is 9.64 Å². The fourth-order valence-corrected chi connectivity index (χ4v) is 5.45. The van der Waals surface area contributed by atoms with Crippen LogP contribution in [0.3, 0.4) is 0 Å². The molecule has 1 heterocycles. The molecule has 1 aliphatic heterocycles. The minimum atomic E-state index is -3.73. The lowest BCUT2D eigenvalue weighted by atomic mass is 9.92. The zero-order valence-corrected chi connectivity index (χ0v) is 20.1. The fraction of sp³-hybridized carbons (Fsp3) is 0.480. The monoisotopic (exact) mass is 456 g/mol. The van der Waals surface area contributed by atoms with E-state index < -0.39 is 15.4 Å². The van der Waals surface area contributed by atoms with Crippen LogP contribution in [0.15, 0.2) is 41.3 Å². The number of amides is 1. The molecule has 0 saturated carbocycles. The number of carbonyl (C=O) groups excluding carboxylic acids is 1. The van der Waals surface area contributed by atoms with Crippen molar-refractivity contribution in [3.8, 4) is 5.75 Å². The number of nitrogens with zero attached hydrogens (tertiary/aromatic N) is 1. The van der Waals surface area contributed by atoms with Crippen molar-refractivity contribution in [1.82, 2.24) is 0 Å². The molecule has 1 aliphatic carbocycles. The zero-order valence-electron chi connectivity index (χ0n) is 19.3. The summed E-state index contributed by atoms with van der Waals surface area (Å²) in [5, 5.41) is 0. The molecule has 6 nitrogen and oxygen atoms in total. The molecule has 0 spiro atoms. The van der Waals surface area contributed by atoms with E-state index in [4.69, 9.17) is 4.74 Å². The van der Waals surface area contributed by atoms with Gasteiger partial charge in [0, 0.05) is 12.6 Å². The van der Waals surface area contributed by atoms with Gasteiger partial charge in [-0.05, 0) is 80.8 Å². The summed E-state index contributed by atoms with van der Waals surface area (Å²) in [6.45, 7) is 8.66. The van der Waals surface area contributed by atoms with E-state index in [0.717, 1.165) is 31.2 Å². The summed E-state index contributed by atoms with van der Waals surface area (Å²) in [4.78, 5) is 15.1. The van der Waals surface area contributed by atoms with Crippen LogP contribution in [0.25, 0.3) is 0 Å². The first kappa shape index (κ1) is 22.6. The van der Waals surface area contributed by atoms with Gasteiger partial charge in [-0.25, -0.2) is 8.42 Å². The predicted molar refractivity (Wildman–Crippen MR) is 127 cm³/mol. The third-order valence-electron chi connectivity index (χ3n) is 6.09. The Morgan fingerprint density at radius 3 is 2.50 bits per heavy atom. The van der Waals surface area contributed by atoms with Gasteiger partial charge in [-0.2, -0.15) is 0 Å². The molecule has 0 saturated heterocycles. The molecular formula is C25H32N2O4S. The third kappa shape index (κ3) is 4.49. The largest absolute Gasteiger partial charge is 0.490 e. The molecule has 0 unspecified atom stereocenters. The Morgan fingerprint density at radius 1 is 1.06 bits per heavy atom. The lowest BCUT2D eigenvalue weighted by Crippen LogP contribution is -2.43. The molecule has 2 aromatic rings. The van der Waals surface area contributed by atoms with Gasteiger partial charge >= 0.3 is 0 Å². The van der Waals surface area contributed by atoms with Crippen molar-refractivity contribution >= 4 is 27.3 Å². The normalized spacial score (nSPS) is 17.9. The van der Waals surface area contributed by atoms with Crippen molar-refractivity contribution in [3.63, 3.8) is 0 Å². The highest BCUT2D eigenvalue weighted by Gasteiger charge is 2.38. The number of benzene rings is 2. The first-order chi connectivity index (χ1) is 15.1. The molecule has 1 amide bonds. The summed E-state index contributed by atoms with van der Waals surface area (Å²) in [6.07, 6.45) is 4.17. The molecule has 0 fully saturated rings. The second-order valence-electron chi connectivity index (χ2n) is 9.91. The Kier molecular flexibility index (Phi) is 5.96. The number of carbonyl (C=O) groups is 1. The summed E-state index contributed by atoms with van der Waals surface area (Å²) in [5.74, 6) is 0.797. The molecular weight excluding hydrogens is 424 g/mol. The van der Waals surface area contributed by atoms with Crippen LogP contribution in [0.5, 0.6) is 5.75 Å². The maximum atomic E-state index is 13.1. The molecule has 4 rings (SSSR count). The van der Waals surface area contributed by atoms with E-state index in [2.05, 4.69) is 18.6 Å².